The molecule has 1 aliphatic rings. The zero-order valence-corrected chi connectivity index (χ0v) is 19.8. The van der Waals surface area contributed by atoms with E-state index >= 15 is 0 Å². The third-order valence-corrected chi connectivity index (χ3v) is 12.7. The molecule has 0 fully saturated rings. The van der Waals surface area contributed by atoms with Gasteiger partial charge in [-0.05, 0) is 40.7 Å². The molecule has 5 heteroatoms. The van der Waals surface area contributed by atoms with E-state index in [0.717, 1.165) is 35.9 Å². The van der Waals surface area contributed by atoms with E-state index in [2.05, 4.69) is 80.0 Å². The molecule has 2 heterocycles. The molecule has 0 unspecified atom stereocenters. The van der Waals surface area contributed by atoms with E-state index in [0.29, 0.717) is 16.6 Å². The third-order valence-electron chi connectivity index (χ3n) is 6.38. The summed E-state index contributed by atoms with van der Waals surface area (Å²) in [7, 11) is -0.121. The van der Waals surface area contributed by atoms with Gasteiger partial charge in [-0.2, -0.15) is 0 Å². The molecule has 0 aliphatic carbocycles. The van der Waals surface area contributed by atoms with Crippen LogP contribution < -0.4 is 9.64 Å². The largest absolute Gasteiger partial charge is 0.495 e. The van der Waals surface area contributed by atoms with Crippen LogP contribution in [0.15, 0.2) is 30.6 Å². The molecule has 0 N–H and O–H groups in total. The lowest BCUT2D eigenvalue weighted by Crippen LogP contribution is -2.43. The van der Waals surface area contributed by atoms with Crippen molar-refractivity contribution in [3.8, 4) is 17.2 Å². The third kappa shape index (κ3) is 3.78. The molecule has 154 valence electrons. The number of anilines is 2. The molecule has 1 aromatic heterocycles. The number of nitrogens with zero attached hydrogens (tertiary/aromatic N) is 3. The summed E-state index contributed by atoms with van der Waals surface area (Å²) in [5.74, 6) is 5.20. The minimum absolute atomic E-state index is 0.589. The summed E-state index contributed by atoms with van der Waals surface area (Å²) in [6.07, 6.45) is 4.55. The monoisotopic (exact) mass is 407 g/mol. The molecule has 4 nitrogen and oxygen atoms in total. The van der Waals surface area contributed by atoms with E-state index in [1.807, 2.05) is 6.07 Å². The molecule has 1 aromatic carbocycles. The van der Waals surface area contributed by atoms with E-state index in [1.165, 1.54) is 5.56 Å². The Kier molecular flexibility index (Phi) is 6.33. The van der Waals surface area contributed by atoms with Gasteiger partial charge in [0.2, 0.25) is 5.95 Å². The molecule has 0 radical (unpaired) electrons. The van der Waals surface area contributed by atoms with Crippen LogP contribution in [-0.2, 0) is 6.42 Å². The Hall–Kier alpha value is -2.32. The molecule has 1 aliphatic heterocycles. The Morgan fingerprint density at radius 1 is 1.00 bits per heavy atom. The summed E-state index contributed by atoms with van der Waals surface area (Å²) in [6, 6.07) is 6.06. The fourth-order valence-corrected chi connectivity index (χ4v) is 10.2. The predicted molar refractivity (Wildman–Crippen MR) is 124 cm³/mol. The molecule has 29 heavy (non-hydrogen) atoms. The second-order valence-electron chi connectivity index (χ2n) is 8.75. The number of ether oxygens (including phenoxy) is 1. The maximum Gasteiger partial charge on any atom is 0.229 e. The van der Waals surface area contributed by atoms with Gasteiger partial charge in [0.05, 0.1) is 18.4 Å². The summed E-state index contributed by atoms with van der Waals surface area (Å²) >= 11 is 0. The highest BCUT2D eigenvalue weighted by atomic mass is 28.3. The van der Waals surface area contributed by atoms with Crippen LogP contribution in [0, 0.1) is 11.5 Å². The molecule has 0 amide bonds. The minimum atomic E-state index is -1.85. The quantitative estimate of drug-likeness (QED) is 0.467. The van der Waals surface area contributed by atoms with Crippen molar-refractivity contribution in [3.63, 3.8) is 0 Å². The molecule has 2 aromatic rings. The van der Waals surface area contributed by atoms with Crippen LogP contribution in [0.4, 0.5) is 11.6 Å². The molecular formula is C24H33N3OSi. The Bertz CT molecular complexity index is 891. The number of aromatic nitrogens is 2. The van der Waals surface area contributed by atoms with Crippen LogP contribution >= 0.6 is 0 Å². The lowest BCUT2D eigenvalue weighted by Gasteiger charge is -2.38. The van der Waals surface area contributed by atoms with E-state index < -0.39 is 8.07 Å². The van der Waals surface area contributed by atoms with E-state index in [1.54, 1.807) is 19.5 Å². The topological polar surface area (TPSA) is 38.2 Å². The summed E-state index contributed by atoms with van der Waals surface area (Å²) in [5, 5.41) is 0. The minimum Gasteiger partial charge on any atom is -0.495 e. The average molecular weight is 408 g/mol. The van der Waals surface area contributed by atoms with Crippen LogP contribution in [0.3, 0.4) is 0 Å². The van der Waals surface area contributed by atoms with E-state index in [4.69, 9.17) is 4.74 Å². The number of hydrogen-bond acceptors (Lipinski definition) is 4. The lowest BCUT2D eigenvalue weighted by atomic mass is 10.1. The first kappa shape index (κ1) is 21.4. The summed E-state index contributed by atoms with van der Waals surface area (Å²) < 4.78 is 5.75. The average Bonchev–Trinajstić information content (AvgIpc) is 3.12. The van der Waals surface area contributed by atoms with Crippen LogP contribution in [0.25, 0.3) is 0 Å². The Morgan fingerprint density at radius 2 is 1.62 bits per heavy atom. The first-order chi connectivity index (χ1) is 13.8. The first-order valence-electron chi connectivity index (χ1n) is 10.6. The molecule has 0 saturated heterocycles. The first-order valence-corrected chi connectivity index (χ1v) is 12.8. The molecule has 0 bridgehead atoms. The number of benzene rings is 1. The van der Waals surface area contributed by atoms with E-state index in [-0.39, 0.29) is 0 Å². The van der Waals surface area contributed by atoms with Crippen molar-refractivity contribution in [2.75, 3.05) is 18.6 Å². The maximum absolute atomic E-state index is 5.75. The van der Waals surface area contributed by atoms with Gasteiger partial charge >= 0.3 is 0 Å². The Labute approximate surface area is 176 Å². The van der Waals surface area contributed by atoms with Gasteiger partial charge in [0, 0.05) is 18.9 Å². The highest BCUT2D eigenvalue weighted by Crippen LogP contribution is 2.43. The van der Waals surface area contributed by atoms with Crippen molar-refractivity contribution in [1.29, 1.82) is 0 Å². The van der Waals surface area contributed by atoms with Crippen molar-refractivity contribution in [2.45, 2.75) is 64.6 Å². The Morgan fingerprint density at radius 3 is 2.17 bits per heavy atom. The fourth-order valence-electron chi connectivity index (χ4n) is 5.00. The second kappa shape index (κ2) is 8.58. The van der Waals surface area contributed by atoms with Crippen LogP contribution in [0.5, 0.6) is 5.75 Å². The van der Waals surface area contributed by atoms with Gasteiger partial charge in [0.1, 0.15) is 13.8 Å². The van der Waals surface area contributed by atoms with Gasteiger partial charge in [-0.1, -0.05) is 53.5 Å². The van der Waals surface area contributed by atoms with Gasteiger partial charge in [-0.25, -0.2) is 9.97 Å². The van der Waals surface area contributed by atoms with Crippen LogP contribution in [0.2, 0.25) is 16.6 Å². The summed E-state index contributed by atoms with van der Waals surface area (Å²) in [4.78, 5) is 11.2. The molecular weight excluding hydrogens is 374 g/mol. The van der Waals surface area contributed by atoms with Gasteiger partial charge in [0.15, 0.2) is 0 Å². The highest BCUT2D eigenvalue weighted by Gasteiger charge is 2.42. The van der Waals surface area contributed by atoms with E-state index in [9.17, 15) is 0 Å². The maximum atomic E-state index is 5.75. The van der Waals surface area contributed by atoms with Crippen LogP contribution in [-0.4, -0.2) is 31.7 Å². The van der Waals surface area contributed by atoms with Crippen LogP contribution in [0.1, 0.15) is 52.7 Å². The van der Waals surface area contributed by atoms with Gasteiger partial charge in [0.25, 0.3) is 0 Å². The van der Waals surface area contributed by atoms with Crippen molar-refractivity contribution in [1.82, 2.24) is 9.97 Å². The normalized spacial score (nSPS) is 13.7. The summed E-state index contributed by atoms with van der Waals surface area (Å²) in [6.45, 7) is 14.9. The molecule has 0 saturated carbocycles. The zero-order valence-electron chi connectivity index (χ0n) is 18.8. The van der Waals surface area contributed by atoms with Crippen molar-refractivity contribution < 1.29 is 4.74 Å². The van der Waals surface area contributed by atoms with Gasteiger partial charge in [-0.3, -0.25) is 0 Å². The number of fused-ring (bicyclic) bond motifs is 1. The molecule has 3 rings (SSSR count). The standard InChI is InChI=1S/C24H33N3OSi/c1-17(2)29(18(3)4,19(5)6)16-12-21-22(28-7)10-9-20-11-15-27(23(20)21)24-25-13-8-14-26-24/h8-10,13-14,17-19H,11,15H2,1-7H3. The number of hydrogen-bond donors (Lipinski definition) is 0. The van der Waals surface area contributed by atoms with Crippen molar-refractivity contribution in [3.05, 3.63) is 41.7 Å². The highest BCUT2D eigenvalue weighted by molar-refractivity contribution is 6.90. The van der Waals surface area contributed by atoms with Gasteiger partial charge < -0.3 is 9.64 Å². The van der Waals surface area contributed by atoms with Crippen molar-refractivity contribution >= 4 is 19.7 Å². The fraction of sp³-hybridized carbons (Fsp3) is 0.500. The molecule has 0 spiro atoms. The Balaban J connectivity index is 2.19. The smallest absolute Gasteiger partial charge is 0.229 e. The summed E-state index contributed by atoms with van der Waals surface area (Å²) in [5.41, 5.74) is 9.01. The van der Waals surface area contributed by atoms with Crippen molar-refractivity contribution in [2.24, 2.45) is 0 Å². The second-order valence-corrected chi connectivity index (χ2v) is 14.3. The molecule has 0 atom stereocenters. The number of methoxy groups -OCH3 is 1. The SMILES string of the molecule is COc1ccc2c(c1C#C[Si](C(C)C)(C(C)C)C(C)C)N(c1ncccn1)CC2. The number of rotatable bonds is 5. The van der Waals surface area contributed by atoms with Gasteiger partial charge in [-0.15, -0.1) is 5.54 Å². The zero-order chi connectivity index (χ0) is 21.2. The predicted octanol–water partition coefficient (Wildman–Crippen LogP) is 5.75. The lowest BCUT2D eigenvalue weighted by molar-refractivity contribution is 0.413.